The van der Waals surface area contributed by atoms with E-state index in [0.29, 0.717) is 22.7 Å². The van der Waals surface area contributed by atoms with Crippen LogP contribution >= 0.6 is 0 Å². The Kier molecular flexibility index (Phi) is 2.92. The number of fused-ring (bicyclic) bond motifs is 1. The maximum atomic E-state index is 11.3. The fraction of sp³-hybridized carbons (Fsp3) is 0.933. The molecule has 3 atom stereocenters. The third-order valence-electron chi connectivity index (χ3n) is 5.44. The van der Waals surface area contributed by atoms with Crippen LogP contribution in [0.15, 0.2) is 0 Å². The molecule has 0 aromatic heterocycles. The van der Waals surface area contributed by atoms with Crippen molar-refractivity contribution < 1.29 is 4.79 Å². The minimum atomic E-state index is 0.327. The lowest BCUT2D eigenvalue weighted by atomic mass is 9.48. The molecule has 0 aromatic rings. The van der Waals surface area contributed by atoms with Gasteiger partial charge >= 0.3 is 0 Å². The highest BCUT2D eigenvalue weighted by molar-refractivity contribution is 5.54. The third kappa shape index (κ3) is 1.83. The number of rotatable bonds is 1. The van der Waals surface area contributed by atoms with Crippen LogP contribution in [0.2, 0.25) is 0 Å². The fourth-order valence-electron chi connectivity index (χ4n) is 4.38. The Hall–Kier alpha value is -0.330. The number of aldehydes is 1. The van der Waals surface area contributed by atoms with Gasteiger partial charge in [-0.15, -0.1) is 0 Å². The molecule has 0 radical (unpaired) electrons. The third-order valence-corrected chi connectivity index (χ3v) is 5.44. The smallest absolute Gasteiger partial charge is 0.123 e. The molecule has 2 fully saturated rings. The Morgan fingerprint density at radius 2 is 1.62 bits per heavy atom. The number of carbonyl (C=O) groups excluding carboxylic acids is 1. The summed E-state index contributed by atoms with van der Waals surface area (Å²) in [6, 6.07) is 0. The van der Waals surface area contributed by atoms with Crippen LogP contribution in [0.4, 0.5) is 0 Å². The van der Waals surface area contributed by atoms with Crippen LogP contribution in [0.5, 0.6) is 0 Å². The van der Waals surface area contributed by atoms with Gasteiger partial charge in [-0.2, -0.15) is 0 Å². The van der Waals surface area contributed by atoms with Crippen LogP contribution < -0.4 is 0 Å². The van der Waals surface area contributed by atoms with Crippen LogP contribution in [0.25, 0.3) is 0 Å². The minimum Gasteiger partial charge on any atom is -0.303 e. The lowest BCUT2D eigenvalue weighted by molar-refractivity contribution is -0.125. The Bertz CT molecular complexity index is 277. The van der Waals surface area contributed by atoms with Gasteiger partial charge in [-0.25, -0.2) is 0 Å². The van der Waals surface area contributed by atoms with E-state index in [1.54, 1.807) is 0 Å². The number of hydrogen-bond acceptors (Lipinski definition) is 1. The SMILES string of the molecule is CC1(C)CCC(C)(C)C2C(C=O)CCCC21. The molecule has 1 heteroatoms. The largest absolute Gasteiger partial charge is 0.303 e. The zero-order valence-corrected chi connectivity index (χ0v) is 11.3. The maximum absolute atomic E-state index is 11.3. The van der Waals surface area contributed by atoms with E-state index >= 15 is 0 Å². The molecule has 2 saturated carbocycles. The van der Waals surface area contributed by atoms with Crippen molar-refractivity contribution in [3.63, 3.8) is 0 Å². The van der Waals surface area contributed by atoms with E-state index in [9.17, 15) is 4.79 Å². The summed E-state index contributed by atoms with van der Waals surface area (Å²) in [5.41, 5.74) is 0.814. The molecule has 0 spiro atoms. The lowest BCUT2D eigenvalue weighted by Crippen LogP contribution is -2.49. The molecule has 3 unspecified atom stereocenters. The molecule has 0 bridgehead atoms. The standard InChI is InChI=1S/C15H26O/c1-14(2)8-9-15(3,4)13-11(10-16)6-5-7-12(13)14/h10-13H,5-9H2,1-4H3. The zero-order valence-electron chi connectivity index (χ0n) is 11.3. The molecular weight excluding hydrogens is 196 g/mol. The highest BCUT2D eigenvalue weighted by Gasteiger charge is 2.51. The van der Waals surface area contributed by atoms with Crippen molar-refractivity contribution in [3.05, 3.63) is 0 Å². The van der Waals surface area contributed by atoms with E-state index in [2.05, 4.69) is 27.7 Å². The van der Waals surface area contributed by atoms with Gasteiger partial charge in [-0.3, -0.25) is 0 Å². The molecule has 0 aromatic carbocycles. The van der Waals surface area contributed by atoms with Crippen LogP contribution in [-0.4, -0.2) is 6.29 Å². The second-order valence-corrected chi connectivity index (χ2v) is 7.34. The monoisotopic (exact) mass is 222 g/mol. The first kappa shape index (κ1) is 12.1. The quantitative estimate of drug-likeness (QED) is 0.611. The normalized spacial score (nSPS) is 41.1. The van der Waals surface area contributed by atoms with Gasteiger partial charge < -0.3 is 4.79 Å². The molecule has 0 heterocycles. The predicted octanol–water partition coefficient (Wildman–Crippen LogP) is 4.06. The first-order chi connectivity index (χ1) is 7.38. The van der Waals surface area contributed by atoms with Gasteiger partial charge in [-0.05, 0) is 48.3 Å². The Labute approximate surface area is 100.0 Å². The lowest BCUT2D eigenvalue weighted by Gasteiger charge is -2.56. The van der Waals surface area contributed by atoms with Crippen molar-refractivity contribution in [1.82, 2.24) is 0 Å². The van der Waals surface area contributed by atoms with Crippen LogP contribution in [-0.2, 0) is 4.79 Å². The first-order valence-electron chi connectivity index (χ1n) is 6.84. The fourth-order valence-corrected chi connectivity index (χ4v) is 4.38. The first-order valence-corrected chi connectivity index (χ1v) is 6.84. The van der Waals surface area contributed by atoms with E-state index in [4.69, 9.17) is 0 Å². The van der Waals surface area contributed by atoms with Crippen LogP contribution in [0.1, 0.15) is 59.8 Å². The van der Waals surface area contributed by atoms with Gasteiger partial charge in [-0.1, -0.05) is 34.1 Å². The maximum Gasteiger partial charge on any atom is 0.123 e. The molecule has 16 heavy (non-hydrogen) atoms. The summed E-state index contributed by atoms with van der Waals surface area (Å²) in [6.07, 6.45) is 7.58. The van der Waals surface area contributed by atoms with Gasteiger partial charge in [0.25, 0.3) is 0 Å². The summed E-state index contributed by atoms with van der Waals surface area (Å²) in [4.78, 5) is 11.3. The Balaban J connectivity index is 2.33. The minimum absolute atomic E-state index is 0.327. The Morgan fingerprint density at radius 1 is 1.00 bits per heavy atom. The summed E-state index contributed by atoms with van der Waals surface area (Å²) in [5, 5.41) is 0. The molecule has 2 aliphatic carbocycles. The molecule has 0 aliphatic heterocycles. The highest BCUT2D eigenvalue weighted by atomic mass is 16.1. The molecule has 2 aliphatic rings. The highest BCUT2D eigenvalue weighted by Crippen LogP contribution is 2.58. The molecular formula is C15H26O. The molecule has 1 nitrogen and oxygen atoms in total. The van der Waals surface area contributed by atoms with E-state index < -0.39 is 0 Å². The summed E-state index contributed by atoms with van der Waals surface area (Å²) in [6.45, 7) is 9.57. The second-order valence-electron chi connectivity index (χ2n) is 7.34. The molecule has 0 N–H and O–H groups in total. The topological polar surface area (TPSA) is 17.1 Å². The second kappa shape index (κ2) is 3.85. The summed E-state index contributed by atoms with van der Waals surface area (Å²) < 4.78 is 0. The van der Waals surface area contributed by atoms with Crippen molar-refractivity contribution in [2.75, 3.05) is 0 Å². The number of hydrogen-bond donors (Lipinski definition) is 0. The van der Waals surface area contributed by atoms with Crippen molar-refractivity contribution in [1.29, 1.82) is 0 Å². The van der Waals surface area contributed by atoms with Gasteiger partial charge in [0.2, 0.25) is 0 Å². The van der Waals surface area contributed by atoms with E-state index in [-0.39, 0.29) is 0 Å². The van der Waals surface area contributed by atoms with Crippen molar-refractivity contribution in [3.8, 4) is 0 Å². The Morgan fingerprint density at radius 3 is 2.25 bits per heavy atom. The molecule has 0 amide bonds. The average Bonchev–Trinajstić information content (AvgIpc) is 2.24. The summed E-state index contributed by atoms with van der Waals surface area (Å²) >= 11 is 0. The van der Waals surface area contributed by atoms with Crippen LogP contribution in [0, 0.1) is 28.6 Å². The zero-order chi connectivity index (χ0) is 12.0. The molecule has 92 valence electrons. The average molecular weight is 222 g/mol. The van der Waals surface area contributed by atoms with E-state index in [1.807, 2.05) is 0 Å². The van der Waals surface area contributed by atoms with E-state index in [0.717, 1.165) is 12.3 Å². The predicted molar refractivity (Wildman–Crippen MR) is 67.2 cm³/mol. The van der Waals surface area contributed by atoms with E-state index in [1.165, 1.54) is 32.0 Å². The summed E-state index contributed by atoms with van der Waals surface area (Å²) in [7, 11) is 0. The summed E-state index contributed by atoms with van der Waals surface area (Å²) in [5.74, 6) is 1.72. The van der Waals surface area contributed by atoms with Gasteiger partial charge in [0.15, 0.2) is 0 Å². The number of carbonyl (C=O) groups is 1. The molecule has 2 rings (SSSR count). The van der Waals surface area contributed by atoms with Crippen LogP contribution in [0.3, 0.4) is 0 Å². The molecule has 0 saturated heterocycles. The van der Waals surface area contributed by atoms with Gasteiger partial charge in [0, 0.05) is 5.92 Å². The van der Waals surface area contributed by atoms with Gasteiger partial charge in [0.1, 0.15) is 6.29 Å². The van der Waals surface area contributed by atoms with Gasteiger partial charge in [0.05, 0.1) is 0 Å². The van der Waals surface area contributed by atoms with Crippen molar-refractivity contribution in [2.45, 2.75) is 59.8 Å². The van der Waals surface area contributed by atoms with Crippen molar-refractivity contribution in [2.24, 2.45) is 28.6 Å². The van der Waals surface area contributed by atoms with Crippen molar-refractivity contribution >= 4 is 6.29 Å².